The molecule has 0 fully saturated rings. The van der Waals surface area contributed by atoms with Crippen LogP contribution < -0.4 is 0 Å². The van der Waals surface area contributed by atoms with E-state index in [0.717, 1.165) is 0 Å². The molecule has 0 saturated carbocycles. The first-order valence-corrected chi connectivity index (χ1v) is 0. The SMILES string of the molecule is O.O.O.O.O.[Ca].[Ca].[Ca].[Si]. The first-order valence-electron chi connectivity index (χ1n) is 0. The molecule has 0 saturated heterocycles. The third-order valence-electron chi connectivity index (χ3n) is 0. The molecule has 0 aromatic carbocycles. The summed E-state index contributed by atoms with van der Waals surface area (Å²) in [6.45, 7) is 0. The van der Waals surface area contributed by atoms with Gasteiger partial charge in [-0.15, -0.1) is 0 Å². The van der Waals surface area contributed by atoms with Crippen LogP contribution in [0.4, 0.5) is 0 Å². The van der Waals surface area contributed by atoms with Crippen LogP contribution in [-0.2, 0) is 0 Å². The van der Waals surface area contributed by atoms with E-state index in [1.54, 1.807) is 0 Å². The van der Waals surface area contributed by atoms with Gasteiger partial charge in [0, 0.05) is 124 Å². The molecule has 0 aromatic rings. The Morgan fingerprint density at radius 1 is 0.333 bits per heavy atom. The topological polar surface area (TPSA) is 158 Å². The Kier molecular flexibility index (Phi) is 1310. The molecule has 50 valence electrons. The van der Waals surface area contributed by atoms with Crippen molar-refractivity contribution >= 4 is 124 Å². The standard InChI is InChI=1S/3Ca.5H2O.Si/h;;;5*1H2;. The zero-order valence-corrected chi connectivity index (χ0v) is 12.7. The van der Waals surface area contributed by atoms with Gasteiger partial charge in [0.25, 0.3) is 0 Å². The van der Waals surface area contributed by atoms with Crippen LogP contribution in [0.15, 0.2) is 0 Å². The summed E-state index contributed by atoms with van der Waals surface area (Å²) < 4.78 is 0. The molecule has 10 radical (unpaired) electrons. The smallest absolute Gasteiger partial charge is 0 e. The summed E-state index contributed by atoms with van der Waals surface area (Å²) in [7, 11) is 0. The van der Waals surface area contributed by atoms with E-state index in [-0.39, 0.29) is 152 Å². The summed E-state index contributed by atoms with van der Waals surface area (Å²) in [5, 5.41) is 0. The molecule has 5 nitrogen and oxygen atoms in total. The molecular weight excluding hydrogens is 228 g/mol. The maximum Gasteiger partial charge on any atom is 0 e. The van der Waals surface area contributed by atoms with Gasteiger partial charge in [0.1, 0.15) is 0 Å². The fourth-order valence-corrected chi connectivity index (χ4v) is 0. The van der Waals surface area contributed by atoms with E-state index in [4.69, 9.17) is 0 Å². The fourth-order valence-electron chi connectivity index (χ4n) is 0. The van der Waals surface area contributed by atoms with E-state index in [0.29, 0.717) is 0 Å². The number of hydrogen-bond acceptors (Lipinski definition) is 0. The minimum atomic E-state index is 0. The molecule has 0 bridgehead atoms. The predicted octanol–water partition coefficient (Wildman–Crippen LogP) is -5.65. The number of rotatable bonds is 0. The van der Waals surface area contributed by atoms with Crippen molar-refractivity contribution in [3.63, 3.8) is 0 Å². The second-order valence-corrected chi connectivity index (χ2v) is 0. The van der Waals surface area contributed by atoms with Gasteiger partial charge in [0.05, 0.1) is 0 Å². The van der Waals surface area contributed by atoms with Crippen LogP contribution in [0.25, 0.3) is 0 Å². The molecule has 9 heavy (non-hydrogen) atoms. The van der Waals surface area contributed by atoms with Gasteiger partial charge < -0.3 is 27.4 Å². The minimum Gasteiger partial charge on any atom is -0.412 e. The van der Waals surface area contributed by atoms with E-state index in [2.05, 4.69) is 0 Å². The third-order valence-corrected chi connectivity index (χ3v) is 0. The molecule has 9 heteroatoms. The summed E-state index contributed by atoms with van der Waals surface area (Å²) in [6.07, 6.45) is 0. The molecule has 0 amide bonds. The second kappa shape index (κ2) is 95.4. The maximum atomic E-state index is 0. The zero-order valence-electron chi connectivity index (χ0n) is 5.12. The van der Waals surface area contributed by atoms with E-state index < -0.39 is 0 Å². The summed E-state index contributed by atoms with van der Waals surface area (Å²) in [5.74, 6) is 0. The zero-order chi connectivity index (χ0) is 0. The van der Waals surface area contributed by atoms with Crippen molar-refractivity contribution in [2.75, 3.05) is 0 Å². The fraction of sp³-hybridized carbons (Fsp3) is 0. The maximum absolute atomic E-state index is 0. The predicted molar refractivity (Wildman–Crippen MR) is 41.1 cm³/mol. The van der Waals surface area contributed by atoms with Crippen LogP contribution in [0.5, 0.6) is 0 Å². The Balaban J connectivity index is 0. The van der Waals surface area contributed by atoms with Crippen molar-refractivity contribution in [2.45, 2.75) is 0 Å². The first kappa shape index (κ1) is 124. The first-order chi connectivity index (χ1) is 0. The number of hydrogen-bond donors (Lipinski definition) is 0. The molecule has 0 aliphatic carbocycles. The Labute approximate surface area is 148 Å². The Morgan fingerprint density at radius 3 is 0.333 bits per heavy atom. The molecule has 0 spiro atoms. The Morgan fingerprint density at radius 2 is 0.333 bits per heavy atom. The van der Waals surface area contributed by atoms with Crippen molar-refractivity contribution in [2.24, 2.45) is 0 Å². The average molecular weight is 238 g/mol. The van der Waals surface area contributed by atoms with Crippen molar-refractivity contribution in [3.8, 4) is 0 Å². The molecule has 0 aromatic heterocycles. The van der Waals surface area contributed by atoms with Gasteiger partial charge in [-0.1, -0.05) is 0 Å². The van der Waals surface area contributed by atoms with Crippen LogP contribution in [0, 0.1) is 0 Å². The van der Waals surface area contributed by atoms with Crippen LogP contribution in [0.3, 0.4) is 0 Å². The summed E-state index contributed by atoms with van der Waals surface area (Å²) in [5.41, 5.74) is 0. The van der Waals surface area contributed by atoms with E-state index in [9.17, 15) is 0 Å². The molecule has 0 heterocycles. The Hall–Kier alpha value is 3.80. The Bertz CT molecular complexity index is 12.2. The molecule has 10 N–H and O–H groups in total. The molecule has 0 unspecified atom stereocenters. The van der Waals surface area contributed by atoms with Crippen LogP contribution in [-0.4, -0.2) is 152 Å². The molecule has 0 aliphatic rings. The van der Waals surface area contributed by atoms with E-state index in [1.807, 2.05) is 0 Å². The van der Waals surface area contributed by atoms with E-state index >= 15 is 0 Å². The van der Waals surface area contributed by atoms with Gasteiger partial charge >= 0.3 is 0 Å². The second-order valence-electron chi connectivity index (χ2n) is 0. The average Bonchev–Trinajstić information content (AvgIpc) is 0. The quantitative estimate of drug-likeness (QED) is 0.369. The van der Waals surface area contributed by atoms with Gasteiger partial charge in [-0.3, -0.25) is 0 Å². The van der Waals surface area contributed by atoms with Crippen LogP contribution in [0.1, 0.15) is 0 Å². The van der Waals surface area contributed by atoms with E-state index in [1.165, 1.54) is 0 Å². The molecule has 0 atom stereocenters. The van der Waals surface area contributed by atoms with Crippen LogP contribution >= 0.6 is 0 Å². The van der Waals surface area contributed by atoms with Gasteiger partial charge in [-0.2, -0.15) is 0 Å². The van der Waals surface area contributed by atoms with Crippen molar-refractivity contribution in [1.82, 2.24) is 0 Å². The van der Waals surface area contributed by atoms with Crippen molar-refractivity contribution in [3.05, 3.63) is 0 Å². The van der Waals surface area contributed by atoms with Gasteiger partial charge in [-0.05, 0) is 0 Å². The molecule has 0 aliphatic heterocycles. The van der Waals surface area contributed by atoms with Gasteiger partial charge in [0.2, 0.25) is 0 Å². The summed E-state index contributed by atoms with van der Waals surface area (Å²) in [4.78, 5) is 0. The third kappa shape index (κ3) is 78.6. The molecule has 0 rings (SSSR count). The van der Waals surface area contributed by atoms with Crippen molar-refractivity contribution in [1.29, 1.82) is 0 Å². The van der Waals surface area contributed by atoms with Gasteiger partial charge in [0.15, 0.2) is 0 Å². The normalized spacial score (nSPS) is 0. The van der Waals surface area contributed by atoms with Gasteiger partial charge in [-0.25, -0.2) is 0 Å². The van der Waals surface area contributed by atoms with Crippen molar-refractivity contribution < 1.29 is 27.4 Å². The summed E-state index contributed by atoms with van der Waals surface area (Å²) >= 11 is 0. The summed E-state index contributed by atoms with van der Waals surface area (Å²) in [6, 6.07) is 0. The van der Waals surface area contributed by atoms with Crippen LogP contribution in [0.2, 0.25) is 0 Å². The monoisotopic (exact) mass is 238 g/mol. The largest absolute Gasteiger partial charge is 0.412 e. The minimum absolute atomic E-state index is 0. The molecular formula is H10Ca3O5Si.